The molecule has 3 aromatic heterocycles. The Morgan fingerprint density at radius 2 is 1.94 bits per heavy atom. The van der Waals surface area contributed by atoms with Gasteiger partial charge in [0.05, 0.1) is 47.7 Å². The highest BCUT2D eigenvalue weighted by Gasteiger charge is 2.54. The lowest BCUT2D eigenvalue weighted by Gasteiger charge is -2.34. The number of anilines is 1. The summed E-state index contributed by atoms with van der Waals surface area (Å²) in [5.74, 6) is 0.741. The number of rotatable bonds is 5. The van der Waals surface area contributed by atoms with Crippen molar-refractivity contribution in [3.05, 3.63) is 53.7 Å². The molecule has 0 atom stereocenters. The first-order valence-electron chi connectivity index (χ1n) is 11.0. The average molecular weight is 418 g/mol. The van der Waals surface area contributed by atoms with Crippen molar-refractivity contribution in [1.29, 1.82) is 0 Å². The van der Waals surface area contributed by atoms with Crippen molar-refractivity contribution in [2.24, 2.45) is 0 Å². The Balaban J connectivity index is 1.71. The lowest BCUT2D eigenvalue weighted by atomic mass is 9.90. The normalized spacial score (nSPS) is 16.9. The van der Waals surface area contributed by atoms with Crippen LogP contribution in [0.25, 0.3) is 11.3 Å². The monoisotopic (exact) mass is 417 g/mol. The minimum atomic E-state index is -0.403. The Labute approximate surface area is 182 Å². The second kappa shape index (κ2) is 7.48. The number of methoxy groups -OCH3 is 1. The predicted molar refractivity (Wildman–Crippen MR) is 118 cm³/mol. The zero-order valence-corrected chi connectivity index (χ0v) is 18.3. The maximum Gasteiger partial charge on any atom is 0.261 e. The molecule has 4 heterocycles. The molecule has 3 aromatic rings. The van der Waals surface area contributed by atoms with Gasteiger partial charge in [-0.05, 0) is 43.9 Å². The third-order valence-corrected chi connectivity index (χ3v) is 6.64. The van der Waals surface area contributed by atoms with E-state index in [0.29, 0.717) is 5.75 Å². The number of ether oxygens (including phenoxy) is 1. The van der Waals surface area contributed by atoms with E-state index in [1.807, 2.05) is 41.0 Å². The van der Waals surface area contributed by atoms with E-state index in [9.17, 15) is 4.79 Å². The molecule has 1 aliphatic heterocycles. The Morgan fingerprint density at radius 1 is 1.13 bits per heavy atom. The van der Waals surface area contributed by atoms with Crippen LogP contribution in [0, 0.1) is 0 Å². The lowest BCUT2D eigenvalue weighted by Crippen LogP contribution is -2.42. The van der Waals surface area contributed by atoms with Crippen LogP contribution in [0.2, 0.25) is 0 Å². The summed E-state index contributed by atoms with van der Waals surface area (Å²) in [6.45, 7) is 4.91. The lowest BCUT2D eigenvalue weighted by molar-refractivity contribution is 0.0976. The predicted octanol–water partition coefficient (Wildman–Crippen LogP) is 4.36. The zero-order valence-electron chi connectivity index (χ0n) is 18.3. The second-order valence-corrected chi connectivity index (χ2v) is 8.29. The number of fused-ring (bicyclic) bond motifs is 2. The first-order valence-corrected chi connectivity index (χ1v) is 11.0. The highest BCUT2D eigenvalue weighted by Crippen LogP contribution is 2.52. The van der Waals surface area contributed by atoms with E-state index in [2.05, 4.69) is 17.0 Å². The van der Waals surface area contributed by atoms with Gasteiger partial charge in [0.15, 0.2) is 0 Å². The van der Waals surface area contributed by atoms with Crippen molar-refractivity contribution in [2.75, 3.05) is 12.0 Å². The molecule has 1 fully saturated rings. The summed E-state index contributed by atoms with van der Waals surface area (Å²) in [5.41, 5.74) is 4.91. The fourth-order valence-corrected chi connectivity index (χ4v) is 5.11. The molecular formula is C24H27N5O2. The number of hydrogen-bond donors (Lipinski definition) is 0. The number of carbonyl (C=O) groups excluding carboxylic acids is 1. The van der Waals surface area contributed by atoms with Crippen LogP contribution in [0.4, 0.5) is 5.69 Å². The molecule has 0 bridgehead atoms. The number of aryl methyl sites for hydroxylation is 2. The molecule has 5 rings (SSSR count). The Morgan fingerprint density at radius 3 is 2.61 bits per heavy atom. The largest absolute Gasteiger partial charge is 0.495 e. The van der Waals surface area contributed by atoms with E-state index in [-0.39, 0.29) is 5.91 Å². The molecule has 31 heavy (non-hydrogen) atoms. The summed E-state index contributed by atoms with van der Waals surface area (Å²) >= 11 is 0. The van der Waals surface area contributed by atoms with Crippen LogP contribution in [0.15, 0.2) is 36.9 Å². The van der Waals surface area contributed by atoms with Gasteiger partial charge in [-0.1, -0.05) is 19.8 Å². The summed E-state index contributed by atoms with van der Waals surface area (Å²) in [5, 5.41) is 4.44. The van der Waals surface area contributed by atoms with Gasteiger partial charge >= 0.3 is 0 Å². The fraction of sp³-hybridized carbons (Fsp3) is 0.417. The van der Waals surface area contributed by atoms with Crippen molar-refractivity contribution < 1.29 is 9.53 Å². The van der Waals surface area contributed by atoms with Crippen LogP contribution >= 0.6 is 0 Å². The molecule has 0 radical (unpaired) electrons. The molecule has 0 saturated heterocycles. The molecule has 7 nitrogen and oxygen atoms in total. The third-order valence-electron chi connectivity index (χ3n) is 6.64. The number of nitrogens with zero attached hydrogens (tertiary/aromatic N) is 5. The van der Waals surface area contributed by atoms with E-state index < -0.39 is 5.54 Å². The first kappa shape index (κ1) is 19.7. The fourth-order valence-electron chi connectivity index (χ4n) is 5.11. The minimum Gasteiger partial charge on any atom is -0.495 e. The van der Waals surface area contributed by atoms with Gasteiger partial charge < -0.3 is 4.74 Å². The molecule has 7 heteroatoms. The van der Waals surface area contributed by atoms with Gasteiger partial charge in [-0.3, -0.25) is 19.4 Å². The van der Waals surface area contributed by atoms with E-state index >= 15 is 0 Å². The number of pyridine rings is 2. The van der Waals surface area contributed by atoms with Gasteiger partial charge in [-0.15, -0.1) is 0 Å². The topological polar surface area (TPSA) is 73.1 Å². The van der Waals surface area contributed by atoms with Crippen molar-refractivity contribution in [1.82, 2.24) is 19.7 Å². The maximum absolute atomic E-state index is 13.8. The summed E-state index contributed by atoms with van der Waals surface area (Å²) in [6, 6.07) is 3.98. The standard InChI is InChI=1S/C24H27N5O2/c1-4-16-11-20(17-10-19(31-3)14-25-12-17)27-22-21(16)23(30)29(24(22)8-6-7-9-24)18-13-26-28(5-2)15-18/h10-15H,4-9H2,1-3H3. The molecule has 1 saturated carbocycles. The number of carbonyl (C=O) groups is 1. The Hall–Kier alpha value is -3.22. The molecule has 2 aliphatic rings. The van der Waals surface area contributed by atoms with Crippen LogP contribution in [0.3, 0.4) is 0 Å². The van der Waals surface area contributed by atoms with Crippen LogP contribution in [0.1, 0.15) is 61.1 Å². The summed E-state index contributed by atoms with van der Waals surface area (Å²) in [4.78, 5) is 25.2. The van der Waals surface area contributed by atoms with E-state index in [1.165, 1.54) is 0 Å². The van der Waals surface area contributed by atoms with Gasteiger partial charge in [-0.25, -0.2) is 4.98 Å². The van der Waals surface area contributed by atoms with Crippen LogP contribution in [0.5, 0.6) is 5.75 Å². The molecular weight excluding hydrogens is 390 g/mol. The van der Waals surface area contributed by atoms with Crippen LogP contribution < -0.4 is 9.64 Å². The van der Waals surface area contributed by atoms with Gasteiger partial charge in [0.2, 0.25) is 0 Å². The molecule has 1 aliphatic carbocycles. The SMILES string of the molecule is CCc1cc(-c2cncc(OC)c2)nc2c1C(=O)N(c1cnn(CC)c1)C21CCCC1. The minimum absolute atomic E-state index is 0.0484. The van der Waals surface area contributed by atoms with E-state index in [1.54, 1.807) is 19.5 Å². The number of hydrogen-bond acceptors (Lipinski definition) is 5. The van der Waals surface area contributed by atoms with Crippen molar-refractivity contribution in [2.45, 2.75) is 58.0 Å². The summed E-state index contributed by atoms with van der Waals surface area (Å²) in [6.07, 6.45) is 12.0. The number of amides is 1. The van der Waals surface area contributed by atoms with Gasteiger partial charge in [0.25, 0.3) is 5.91 Å². The van der Waals surface area contributed by atoms with Crippen LogP contribution in [-0.2, 0) is 18.5 Å². The molecule has 1 spiro atoms. The maximum atomic E-state index is 13.8. The first-order chi connectivity index (χ1) is 15.1. The highest BCUT2D eigenvalue weighted by atomic mass is 16.5. The second-order valence-electron chi connectivity index (χ2n) is 8.29. The highest BCUT2D eigenvalue weighted by molar-refractivity contribution is 6.12. The summed E-state index contributed by atoms with van der Waals surface area (Å²) < 4.78 is 7.23. The Kier molecular flexibility index (Phi) is 4.76. The molecule has 0 N–H and O–H groups in total. The number of aromatic nitrogens is 4. The Bertz CT molecular complexity index is 1150. The quantitative estimate of drug-likeness (QED) is 0.617. The smallest absolute Gasteiger partial charge is 0.261 e. The van der Waals surface area contributed by atoms with Crippen molar-refractivity contribution in [3.63, 3.8) is 0 Å². The van der Waals surface area contributed by atoms with E-state index in [4.69, 9.17) is 9.72 Å². The third kappa shape index (κ3) is 2.94. The van der Waals surface area contributed by atoms with E-state index in [0.717, 1.165) is 72.4 Å². The van der Waals surface area contributed by atoms with Gasteiger partial charge in [-0.2, -0.15) is 5.10 Å². The molecule has 0 unspecified atom stereocenters. The van der Waals surface area contributed by atoms with Gasteiger partial charge in [0.1, 0.15) is 5.75 Å². The van der Waals surface area contributed by atoms with Gasteiger partial charge in [0, 0.05) is 24.5 Å². The average Bonchev–Trinajstić information content (AvgIpc) is 3.53. The molecule has 0 aromatic carbocycles. The van der Waals surface area contributed by atoms with Crippen molar-refractivity contribution in [3.8, 4) is 17.0 Å². The van der Waals surface area contributed by atoms with Crippen LogP contribution in [-0.4, -0.2) is 32.8 Å². The molecule has 1 amide bonds. The summed E-state index contributed by atoms with van der Waals surface area (Å²) in [7, 11) is 1.63. The van der Waals surface area contributed by atoms with Crippen molar-refractivity contribution >= 4 is 11.6 Å². The molecule has 160 valence electrons. The zero-order chi connectivity index (χ0) is 21.6.